The Balaban J connectivity index is 1.81. The Morgan fingerprint density at radius 1 is 1.50 bits per heavy atom. The lowest BCUT2D eigenvalue weighted by Gasteiger charge is -1.90. The van der Waals surface area contributed by atoms with Crippen molar-refractivity contribution < 1.29 is 9.15 Å². The van der Waals surface area contributed by atoms with E-state index in [-0.39, 0.29) is 6.10 Å². The molecule has 2 heterocycles. The lowest BCUT2D eigenvalue weighted by Crippen LogP contribution is -1.86. The molecule has 0 radical (unpaired) electrons. The SMILES string of the molecule is CCCC[C@H]1O[C@@H]1c1ccco1. The van der Waals surface area contributed by atoms with Crippen LogP contribution < -0.4 is 0 Å². The molecule has 1 aromatic rings. The van der Waals surface area contributed by atoms with Gasteiger partial charge in [0, 0.05) is 0 Å². The first kappa shape index (κ1) is 7.87. The summed E-state index contributed by atoms with van der Waals surface area (Å²) in [5, 5.41) is 0. The molecule has 0 bridgehead atoms. The molecule has 2 nitrogen and oxygen atoms in total. The smallest absolute Gasteiger partial charge is 0.142 e. The monoisotopic (exact) mass is 166 g/mol. The molecular formula is C10H14O2. The summed E-state index contributed by atoms with van der Waals surface area (Å²) in [4.78, 5) is 0. The number of unbranched alkanes of at least 4 members (excludes halogenated alkanes) is 1. The summed E-state index contributed by atoms with van der Waals surface area (Å²) in [6.07, 6.45) is 6.05. The highest BCUT2D eigenvalue weighted by atomic mass is 16.6. The molecule has 2 heteroatoms. The third-order valence-electron chi connectivity index (χ3n) is 2.25. The summed E-state index contributed by atoms with van der Waals surface area (Å²) in [6.45, 7) is 2.20. The molecule has 1 aromatic heterocycles. The van der Waals surface area contributed by atoms with Crippen molar-refractivity contribution in [2.45, 2.75) is 38.4 Å². The van der Waals surface area contributed by atoms with Gasteiger partial charge < -0.3 is 9.15 Å². The molecule has 1 aliphatic rings. The molecule has 12 heavy (non-hydrogen) atoms. The van der Waals surface area contributed by atoms with Crippen LogP contribution in [0.3, 0.4) is 0 Å². The number of hydrogen-bond acceptors (Lipinski definition) is 2. The van der Waals surface area contributed by atoms with E-state index >= 15 is 0 Å². The summed E-state index contributed by atoms with van der Waals surface area (Å²) in [5.74, 6) is 0.983. The largest absolute Gasteiger partial charge is 0.466 e. The van der Waals surface area contributed by atoms with Crippen LogP contribution in [0.1, 0.15) is 38.1 Å². The van der Waals surface area contributed by atoms with Crippen LogP contribution in [0.25, 0.3) is 0 Å². The van der Waals surface area contributed by atoms with E-state index in [2.05, 4.69) is 6.92 Å². The van der Waals surface area contributed by atoms with E-state index in [1.54, 1.807) is 6.26 Å². The topological polar surface area (TPSA) is 25.7 Å². The highest BCUT2D eigenvalue weighted by Gasteiger charge is 2.41. The number of rotatable bonds is 4. The van der Waals surface area contributed by atoms with E-state index < -0.39 is 0 Å². The molecular weight excluding hydrogens is 152 g/mol. The van der Waals surface area contributed by atoms with E-state index in [0.29, 0.717) is 6.10 Å². The maximum Gasteiger partial charge on any atom is 0.142 e. The summed E-state index contributed by atoms with van der Waals surface area (Å²) < 4.78 is 10.7. The molecule has 0 N–H and O–H groups in total. The molecule has 1 saturated heterocycles. The lowest BCUT2D eigenvalue weighted by molar-refractivity contribution is 0.340. The van der Waals surface area contributed by atoms with Crippen LogP contribution in [0.15, 0.2) is 22.8 Å². The molecule has 2 rings (SSSR count). The first-order chi connectivity index (χ1) is 5.92. The van der Waals surface area contributed by atoms with E-state index in [1.165, 1.54) is 19.3 Å². The van der Waals surface area contributed by atoms with E-state index in [0.717, 1.165) is 5.76 Å². The molecule has 1 aliphatic heterocycles. The second kappa shape index (κ2) is 3.31. The first-order valence-electron chi connectivity index (χ1n) is 4.60. The highest BCUT2D eigenvalue weighted by molar-refractivity contribution is 5.09. The average Bonchev–Trinajstić information content (AvgIpc) is 2.64. The van der Waals surface area contributed by atoms with Crippen LogP contribution in [0.2, 0.25) is 0 Å². The van der Waals surface area contributed by atoms with Gasteiger partial charge in [-0.2, -0.15) is 0 Å². The van der Waals surface area contributed by atoms with Gasteiger partial charge in [0.1, 0.15) is 11.9 Å². The molecule has 0 unspecified atom stereocenters. The number of epoxide rings is 1. The molecule has 0 saturated carbocycles. The Kier molecular flexibility index (Phi) is 2.17. The fraction of sp³-hybridized carbons (Fsp3) is 0.600. The van der Waals surface area contributed by atoms with E-state index in [1.807, 2.05) is 12.1 Å². The molecule has 0 amide bonds. The van der Waals surface area contributed by atoms with Gasteiger partial charge in [0.05, 0.1) is 12.4 Å². The van der Waals surface area contributed by atoms with Crippen LogP contribution in [0, 0.1) is 0 Å². The summed E-state index contributed by atoms with van der Waals surface area (Å²) in [5.41, 5.74) is 0. The fourth-order valence-electron chi connectivity index (χ4n) is 1.47. The van der Waals surface area contributed by atoms with Gasteiger partial charge in [-0.3, -0.25) is 0 Å². The van der Waals surface area contributed by atoms with Gasteiger partial charge in [0.15, 0.2) is 0 Å². The van der Waals surface area contributed by atoms with Gasteiger partial charge in [-0.15, -0.1) is 0 Å². The summed E-state index contributed by atoms with van der Waals surface area (Å²) in [6, 6.07) is 3.89. The quantitative estimate of drug-likeness (QED) is 0.643. The Morgan fingerprint density at radius 2 is 2.42 bits per heavy atom. The minimum atomic E-state index is 0.256. The first-order valence-corrected chi connectivity index (χ1v) is 4.60. The Morgan fingerprint density at radius 3 is 3.08 bits per heavy atom. The van der Waals surface area contributed by atoms with Gasteiger partial charge in [0.2, 0.25) is 0 Å². The maximum absolute atomic E-state index is 5.47. The van der Waals surface area contributed by atoms with Crippen LogP contribution >= 0.6 is 0 Å². The third kappa shape index (κ3) is 1.53. The van der Waals surface area contributed by atoms with Crippen molar-refractivity contribution in [2.75, 3.05) is 0 Å². The Bertz CT molecular complexity index is 228. The third-order valence-corrected chi connectivity index (χ3v) is 2.25. The van der Waals surface area contributed by atoms with Crippen LogP contribution in [0.4, 0.5) is 0 Å². The number of ether oxygens (including phenoxy) is 1. The van der Waals surface area contributed by atoms with Gasteiger partial charge in [-0.05, 0) is 18.6 Å². The zero-order chi connectivity index (χ0) is 8.39. The van der Waals surface area contributed by atoms with Crippen molar-refractivity contribution in [1.82, 2.24) is 0 Å². The normalized spacial score (nSPS) is 27.4. The van der Waals surface area contributed by atoms with E-state index in [9.17, 15) is 0 Å². The van der Waals surface area contributed by atoms with Crippen LogP contribution in [-0.2, 0) is 4.74 Å². The van der Waals surface area contributed by atoms with Crippen LogP contribution in [0.5, 0.6) is 0 Å². The van der Waals surface area contributed by atoms with Crippen molar-refractivity contribution in [3.63, 3.8) is 0 Å². The van der Waals surface area contributed by atoms with Crippen molar-refractivity contribution >= 4 is 0 Å². The predicted octanol–water partition coefficient (Wildman–Crippen LogP) is 2.91. The second-order valence-corrected chi connectivity index (χ2v) is 3.25. The van der Waals surface area contributed by atoms with Gasteiger partial charge in [-0.1, -0.05) is 19.8 Å². The summed E-state index contributed by atoms with van der Waals surface area (Å²) in [7, 11) is 0. The van der Waals surface area contributed by atoms with Crippen LogP contribution in [-0.4, -0.2) is 6.10 Å². The summed E-state index contributed by atoms with van der Waals surface area (Å²) >= 11 is 0. The number of hydrogen-bond donors (Lipinski definition) is 0. The molecule has 0 aromatic carbocycles. The lowest BCUT2D eigenvalue weighted by atomic mass is 10.1. The zero-order valence-corrected chi connectivity index (χ0v) is 7.32. The van der Waals surface area contributed by atoms with Gasteiger partial charge in [0.25, 0.3) is 0 Å². The van der Waals surface area contributed by atoms with Crippen molar-refractivity contribution in [3.8, 4) is 0 Å². The molecule has 0 spiro atoms. The van der Waals surface area contributed by atoms with E-state index in [4.69, 9.17) is 9.15 Å². The second-order valence-electron chi connectivity index (χ2n) is 3.25. The highest BCUT2D eigenvalue weighted by Crippen LogP contribution is 2.41. The standard InChI is InChI=1S/C10H14O2/c1-2-3-5-9-10(12-9)8-6-4-7-11-8/h4,6-7,9-10H,2-3,5H2,1H3/t9-,10-/m1/s1. The maximum atomic E-state index is 5.47. The predicted molar refractivity (Wildman–Crippen MR) is 45.8 cm³/mol. The molecule has 2 atom stereocenters. The van der Waals surface area contributed by atoms with Gasteiger partial charge in [-0.25, -0.2) is 0 Å². The molecule has 0 aliphatic carbocycles. The van der Waals surface area contributed by atoms with Crippen molar-refractivity contribution in [1.29, 1.82) is 0 Å². The Labute approximate surface area is 72.5 Å². The average molecular weight is 166 g/mol. The minimum Gasteiger partial charge on any atom is -0.466 e. The van der Waals surface area contributed by atoms with Crippen molar-refractivity contribution in [2.24, 2.45) is 0 Å². The Hall–Kier alpha value is -0.760. The zero-order valence-electron chi connectivity index (χ0n) is 7.32. The molecule has 66 valence electrons. The van der Waals surface area contributed by atoms with Crippen molar-refractivity contribution in [3.05, 3.63) is 24.2 Å². The minimum absolute atomic E-state index is 0.256. The number of furan rings is 1. The van der Waals surface area contributed by atoms with Gasteiger partial charge >= 0.3 is 0 Å². The molecule has 1 fully saturated rings. The fourth-order valence-corrected chi connectivity index (χ4v) is 1.47.